The van der Waals surface area contributed by atoms with Crippen molar-refractivity contribution < 1.29 is 18.5 Å². The zero-order valence-corrected chi connectivity index (χ0v) is 20.4. The first-order chi connectivity index (χ1) is 16.5. The average molecular weight is 496 g/mol. The molecule has 2 aliphatic rings. The number of ether oxygens (including phenoxy) is 1. The maximum atomic E-state index is 15.4. The normalized spacial score (nSPS) is 18.3. The Bertz CT molecular complexity index is 1280. The van der Waals surface area contributed by atoms with Crippen LogP contribution < -0.4 is 20.2 Å². The molecule has 174 valence electrons. The Kier molecular flexibility index (Phi) is 6.09. The summed E-state index contributed by atoms with van der Waals surface area (Å²) >= 11 is 6.15. The van der Waals surface area contributed by atoms with E-state index in [1.165, 1.54) is 18.1 Å². The van der Waals surface area contributed by atoms with E-state index in [2.05, 4.69) is 0 Å². The predicted molar refractivity (Wildman–Crippen MR) is 134 cm³/mol. The molecule has 1 heterocycles. The molecule has 3 aromatic carbocycles. The van der Waals surface area contributed by atoms with E-state index in [1.54, 1.807) is 0 Å². The van der Waals surface area contributed by atoms with Gasteiger partial charge in [-0.25, -0.2) is 4.39 Å². The van der Waals surface area contributed by atoms with Crippen molar-refractivity contribution in [1.82, 2.24) is 0 Å². The highest BCUT2D eigenvalue weighted by molar-refractivity contribution is 7.79. The molecule has 0 N–H and O–H groups in total. The SMILES string of the molecule is COc1cc(N2C(=O)C3=C(CCCC3)C2P(=O)(c2ccccc2)c2ccccc2)c(F)cc1Cl. The number of hydrogen-bond acceptors (Lipinski definition) is 3. The highest BCUT2D eigenvalue weighted by atomic mass is 35.5. The largest absolute Gasteiger partial charge is 0.495 e. The first kappa shape index (κ1) is 22.9. The second-order valence-electron chi connectivity index (χ2n) is 8.53. The quantitative estimate of drug-likeness (QED) is 0.405. The zero-order valence-electron chi connectivity index (χ0n) is 18.7. The Balaban J connectivity index is 1.80. The Morgan fingerprint density at radius 3 is 2.15 bits per heavy atom. The fraction of sp³-hybridized carbons (Fsp3) is 0.222. The number of carbonyl (C=O) groups is 1. The Morgan fingerprint density at radius 2 is 1.56 bits per heavy atom. The first-order valence-corrected chi connectivity index (χ1v) is 13.4. The lowest BCUT2D eigenvalue weighted by atomic mass is 9.94. The third-order valence-corrected chi connectivity index (χ3v) is 10.3. The van der Waals surface area contributed by atoms with Crippen molar-refractivity contribution in [2.45, 2.75) is 31.5 Å². The minimum atomic E-state index is -3.47. The molecule has 0 bridgehead atoms. The van der Waals surface area contributed by atoms with Crippen LogP contribution in [0.15, 0.2) is 83.9 Å². The average Bonchev–Trinajstić information content (AvgIpc) is 3.17. The Morgan fingerprint density at radius 1 is 0.971 bits per heavy atom. The van der Waals surface area contributed by atoms with Crippen LogP contribution in [0.5, 0.6) is 5.75 Å². The third kappa shape index (κ3) is 3.59. The lowest BCUT2D eigenvalue weighted by Gasteiger charge is -2.35. The van der Waals surface area contributed by atoms with Crippen LogP contribution in [-0.4, -0.2) is 18.8 Å². The number of benzene rings is 3. The summed E-state index contributed by atoms with van der Waals surface area (Å²) in [6.07, 6.45) is 3.01. The van der Waals surface area contributed by atoms with Gasteiger partial charge in [0.05, 0.1) is 17.8 Å². The smallest absolute Gasteiger partial charge is 0.255 e. The van der Waals surface area contributed by atoms with Gasteiger partial charge in [0.25, 0.3) is 5.91 Å². The number of anilines is 1. The van der Waals surface area contributed by atoms with E-state index < -0.39 is 18.7 Å². The molecule has 0 saturated heterocycles. The summed E-state index contributed by atoms with van der Waals surface area (Å²) in [6, 6.07) is 21.0. The van der Waals surface area contributed by atoms with Crippen molar-refractivity contribution in [2.24, 2.45) is 0 Å². The molecule has 7 heteroatoms. The van der Waals surface area contributed by atoms with Gasteiger partial charge in [0.2, 0.25) is 0 Å². The maximum absolute atomic E-state index is 15.4. The fourth-order valence-electron chi connectivity index (χ4n) is 5.08. The third-order valence-electron chi connectivity index (χ3n) is 6.65. The van der Waals surface area contributed by atoms with Crippen molar-refractivity contribution in [3.8, 4) is 5.75 Å². The van der Waals surface area contributed by atoms with Crippen molar-refractivity contribution in [3.63, 3.8) is 0 Å². The lowest BCUT2D eigenvalue weighted by molar-refractivity contribution is -0.114. The Labute approximate surface area is 203 Å². The van der Waals surface area contributed by atoms with E-state index in [0.717, 1.165) is 24.5 Å². The van der Waals surface area contributed by atoms with Crippen LogP contribution in [0.1, 0.15) is 25.7 Å². The minimum Gasteiger partial charge on any atom is -0.495 e. The summed E-state index contributed by atoms with van der Waals surface area (Å²) in [5.41, 5.74) is 1.52. The zero-order chi connectivity index (χ0) is 23.9. The molecule has 1 aliphatic carbocycles. The van der Waals surface area contributed by atoms with Gasteiger partial charge in [0.15, 0.2) is 7.14 Å². The van der Waals surface area contributed by atoms with Crippen molar-refractivity contribution in [3.05, 3.63) is 94.8 Å². The molecule has 1 amide bonds. The molecule has 5 rings (SSSR count). The molecule has 0 spiro atoms. The van der Waals surface area contributed by atoms with E-state index in [1.807, 2.05) is 60.7 Å². The molecular weight excluding hydrogens is 472 g/mol. The van der Waals surface area contributed by atoms with Gasteiger partial charge in [-0.1, -0.05) is 72.3 Å². The monoisotopic (exact) mass is 495 g/mol. The van der Waals surface area contributed by atoms with E-state index in [-0.39, 0.29) is 22.4 Å². The van der Waals surface area contributed by atoms with E-state index >= 15 is 8.96 Å². The van der Waals surface area contributed by atoms with E-state index in [0.29, 0.717) is 29.0 Å². The van der Waals surface area contributed by atoms with Crippen LogP contribution in [0.2, 0.25) is 5.02 Å². The van der Waals surface area contributed by atoms with Crippen LogP contribution in [-0.2, 0) is 9.36 Å². The van der Waals surface area contributed by atoms with Crippen LogP contribution >= 0.6 is 18.7 Å². The van der Waals surface area contributed by atoms with Crippen LogP contribution in [0, 0.1) is 5.82 Å². The summed E-state index contributed by atoms with van der Waals surface area (Å²) in [4.78, 5) is 15.2. The van der Waals surface area contributed by atoms with Gasteiger partial charge in [-0.05, 0) is 37.3 Å². The molecule has 0 radical (unpaired) electrons. The molecule has 1 atom stereocenters. The molecule has 4 nitrogen and oxygen atoms in total. The van der Waals surface area contributed by atoms with E-state index in [4.69, 9.17) is 16.3 Å². The second-order valence-corrected chi connectivity index (χ2v) is 11.8. The molecule has 34 heavy (non-hydrogen) atoms. The van der Waals surface area contributed by atoms with Gasteiger partial charge in [0, 0.05) is 22.2 Å². The highest BCUT2D eigenvalue weighted by Gasteiger charge is 2.51. The Hall–Kier alpha value is -2.88. The molecule has 3 aromatic rings. The van der Waals surface area contributed by atoms with Crippen molar-refractivity contribution in [2.75, 3.05) is 12.0 Å². The van der Waals surface area contributed by atoms with Crippen LogP contribution in [0.3, 0.4) is 0 Å². The molecule has 0 aromatic heterocycles. The number of halogens is 2. The fourth-order valence-corrected chi connectivity index (χ4v) is 8.68. The topological polar surface area (TPSA) is 46.6 Å². The van der Waals surface area contributed by atoms with Crippen molar-refractivity contribution >= 4 is 40.9 Å². The lowest BCUT2D eigenvalue weighted by Crippen LogP contribution is -2.41. The standard InChI is InChI=1S/C27H24ClFNO3P/c1-33-25-17-24(23(29)16-22(25)28)30-26(31)20-14-8-9-15-21(20)27(30)34(32,18-10-4-2-5-11-18)19-12-6-3-7-13-19/h2-7,10-13,16-17,27H,8-9,14-15H2,1H3. The summed E-state index contributed by atoms with van der Waals surface area (Å²) in [6.45, 7) is 0. The number of carbonyl (C=O) groups excluding carboxylic acids is 1. The van der Waals surface area contributed by atoms with Gasteiger partial charge >= 0.3 is 0 Å². The van der Waals surface area contributed by atoms with Crippen LogP contribution in [0.4, 0.5) is 10.1 Å². The maximum Gasteiger partial charge on any atom is 0.255 e. The van der Waals surface area contributed by atoms with E-state index in [9.17, 15) is 4.79 Å². The van der Waals surface area contributed by atoms with Crippen molar-refractivity contribution in [1.29, 1.82) is 0 Å². The van der Waals surface area contributed by atoms with Gasteiger partial charge in [-0.15, -0.1) is 0 Å². The predicted octanol–water partition coefficient (Wildman–Crippen LogP) is 6.05. The van der Waals surface area contributed by atoms with Gasteiger partial charge in [-0.3, -0.25) is 9.69 Å². The summed E-state index contributed by atoms with van der Waals surface area (Å²) in [5.74, 6) is -1.52. The molecular formula is C27H24ClFNO3P. The first-order valence-electron chi connectivity index (χ1n) is 11.3. The molecule has 1 unspecified atom stereocenters. The number of nitrogens with zero attached hydrogens (tertiary/aromatic N) is 1. The second kappa shape index (κ2) is 9.05. The summed E-state index contributed by atoms with van der Waals surface area (Å²) in [7, 11) is -2.03. The number of rotatable bonds is 5. The summed E-state index contributed by atoms with van der Waals surface area (Å²) in [5, 5.41) is 1.37. The number of amides is 1. The molecule has 0 fully saturated rings. The number of hydrogen-bond donors (Lipinski definition) is 0. The van der Waals surface area contributed by atoms with Gasteiger partial charge < -0.3 is 9.30 Å². The van der Waals surface area contributed by atoms with Gasteiger partial charge in [0.1, 0.15) is 17.3 Å². The number of methoxy groups -OCH3 is 1. The summed E-state index contributed by atoms with van der Waals surface area (Å²) < 4.78 is 36.0. The molecule has 0 saturated carbocycles. The minimum absolute atomic E-state index is 0.0257. The highest BCUT2D eigenvalue weighted by Crippen LogP contribution is 2.59. The van der Waals surface area contributed by atoms with Gasteiger partial charge in [-0.2, -0.15) is 0 Å². The van der Waals surface area contributed by atoms with Crippen LogP contribution in [0.25, 0.3) is 0 Å². The molecule has 1 aliphatic heterocycles.